The summed E-state index contributed by atoms with van der Waals surface area (Å²) in [7, 11) is 0. The number of amides is 4. The number of hydrogen-bond donors (Lipinski definition) is 2. The van der Waals surface area contributed by atoms with Crippen LogP contribution in [-0.2, 0) is 4.79 Å². The molecule has 9 nitrogen and oxygen atoms in total. The molecule has 3 aliphatic rings. The zero-order valence-corrected chi connectivity index (χ0v) is 26.3. The lowest BCUT2D eigenvalue weighted by molar-refractivity contribution is -0.140. The predicted octanol–water partition coefficient (Wildman–Crippen LogP) is 4.92. The van der Waals surface area contributed by atoms with E-state index in [1.807, 2.05) is 30.9 Å². The number of fused-ring (bicyclic) bond motifs is 1. The van der Waals surface area contributed by atoms with Gasteiger partial charge in [-0.3, -0.25) is 19.8 Å². The van der Waals surface area contributed by atoms with E-state index in [1.54, 1.807) is 0 Å². The zero-order valence-electron chi connectivity index (χ0n) is 23.8. The van der Waals surface area contributed by atoms with Crippen LogP contribution in [0.25, 0.3) is 10.2 Å². The van der Waals surface area contributed by atoms with Crippen LogP contribution in [0.1, 0.15) is 68.9 Å². The highest BCUT2D eigenvalue weighted by molar-refractivity contribution is 7.23. The van der Waals surface area contributed by atoms with E-state index in [-0.39, 0.29) is 48.2 Å². The molecule has 0 saturated carbocycles. The Labute approximate surface area is 253 Å². The van der Waals surface area contributed by atoms with Gasteiger partial charge in [-0.15, -0.1) is 24.8 Å². The number of hydrogen-bond acceptors (Lipinski definition) is 6. The van der Waals surface area contributed by atoms with Crippen LogP contribution in [0.5, 0.6) is 0 Å². The summed E-state index contributed by atoms with van der Waals surface area (Å²) < 4.78 is 0. The molecule has 0 aliphatic carbocycles. The average molecular weight is 614 g/mol. The second-order valence-corrected chi connectivity index (χ2v) is 12.3. The summed E-state index contributed by atoms with van der Waals surface area (Å²) in [6.07, 6.45) is 4.78. The number of carbonyl (C=O) groups is 3. The summed E-state index contributed by atoms with van der Waals surface area (Å²) >= 11 is 1.35. The van der Waals surface area contributed by atoms with Gasteiger partial charge in [0.1, 0.15) is 9.83 Å². The summed E-state index contributed by atoms with van der Waals surface area (Å²) in [4.78, 5) is 51.3. The Balaban J connectivity index is 0.00000220. The number of aromatic nitrogens is 1. The first-order valence-electron chi connectivity index (χ1n) is 14.0. The molecule has 0 radical (unpaired) electrons. The van der Waals surface area contributed by atoms with Crippen LogP contribution in [-0.4, -0.2) is 88.9 Å². The Hall–Kier alpha value is -2.14. The van der Waals surface area contributed by atoms with E-state index < -0.39 is 0 Å². The number of urea groups is 1. The van der Waals surface area contributed by atoms with Crippen molar-refractivity contribution in [1.82, 2.24) is 25.0 Å². The smallest absolute Gasteiger partial charge is 0.319 e. The molecule has 1 atom stereocenters. The molecule has 40 heavy (non-hydrogen) atoms. The Morgan fingerprint density at radius 1 is 1.12 bits per heavy atom. The molecule has 1 spiro atoms. The molecule has 5 rings (SSSR count). The quantitative estimate of drug-likeness (QED) is 0.499. The van der Waals surface area contributed by atoms with Crippen molar-refractivity contribution in [3.63, 3.8) is 0 Å². The fraction of sp³-hybridized carbons (Fsp3) is 0.643. The number of piperidine rings is 2. The molecular formula is C28H42Cl2N6O3S. The molecular weight excluding hydrogens is 571 g/mol. The van der Waals surface area contributed by atoms with Crippen molar-refractivity contribution < 1.29 is 14.4 Å². The second-order valence-electron chi connectivity index (χ2n) is 11.3. The summed E-state index contributed by atoms with van der Waals surface area (Å²) in [6.45, 7) is 12.6. The van der Waals surface area contributed by atoms with Crippen molar-refractivity contribution in [3.8, 4) is 0 Å². The average Bonchev–Trinajstić information content (AvgIpc) is 3.40. The number of likely N-dealkylation sites (tertiary alicyclic amines) is 3. The van der Waals surface area contributed by atoms with Gasteiger partial charge < -0.3 is 15.1 Å². The minimum atomic E-state index is -0.319. The minimum Gasteiger partial charge on any atom is -0.340 e. The van der Waals surface area contributed by atoms with Crippen LogP contribution in [0, 0.1) is 12.3 Å². The molecule has 0 aromatic carbocycles. The van der Waals surface area contributed by atoms with Crippen molar-refractivity contribution in [1.29, 1.82) is 0 Å². The van der Waals surface area contributed by atoms with Crippen molar-refractivity contribution in [2.45, 2.75) is 71.9 Å². The molecule has 2 N–H and O–H groups in total. The highest BCUT2D eigenvalue weighted by Gasteiger charge is 2.50. The topological polar surface area (TPSA) is 97.9 Å². The number of pyridine rings is 1. The van der Waals surface area contributed by atoms with Gasteiger partial charge in [0.15, 0.2) is 0 Å². The Morgan fingerprint density at radius 3 is 2.50 bits per heavy atom. The molecule has 3 saturated heterocycles. The summed E-state index contributed by atoms with van der Waals surface area (Å²) in [5.74, 6) is 0.283. The third kappa shape index (κ3) is 6.20. The van der Waals surface area contributed by atoms with Gasteiger partial charge in [-0.25, -0.2) is 9.78 Å². The van der Waals surface area contributed by atoms with Gasteiger partial charge in [0.05, 0.1) is 11.0 Å². The van der Waals surface area contributed by atoms with Gasteiger partial charge in [-0.2, -0.15) is 0 Å². The molecule has 12 heteroatoms. The van der Waals surface area contributed by atoms with Gasteiger partial charge in [-0.05, 0) is 78.5 Å². The third-order valence-electron chi connectivity index (χ3n) is 8.52. The standard InChI is InChI=1S/C28H40N6O3S.2ClH/c1-5-29-27(37)31-24-22(21-8-7-19(4)30-23(21)38-24)25(35)32-14-9-20(10-15-32)33-13-6-11-28(17-33)12-16-34(18(2)3)26(28)36;;/h7-8,18,20H,5-6,9-17H2,1-4H3,(H2,29,31,37);2*1H. The third-order valence-corrected chi connectivity index (χ3v) is 9.53. The maximum Gasteiger partial charge on any atom is 0.319 e. The fourth-order valence-corrected chi connectivity index (χ4v) is 7.58. The number of aryl methyl sites for hydroxylation is 1. The van der Waals surface area contributed by atoms with Gasteiger partial charge in [0.2, 0.25) is 5.91 Å². The fourth-order valence-electron chi connectivity index (χ4n) is 6.47. The molecule has 4 amide bonds. The zero-order chi connectivity index (χ0) is 27.0. The Morgan fingerprint density at radius 2 is 1.85 bits per heavy atom. The van der Waals surface area contributed by atoms with E-state index in [9.17, 15) is 14.4 Å². The van der Waals surface area contributed by atoms with E-state index in [1.165, 1.54) is 11.3 Å². The van der Waals surface area contributed by atoms with E-state index in [4.69, 9.17) is 0 Å². The highest BCUT2D eigenvalue weighted by Crippen LogP contribution is 2.42. The first-order valence-corrected chi connectivity index (χ1v) is 14.8. The highest BCUT2D eigenvalue weighted by atomic mass is 35.5. The molecule has 2 aromatic heterocycles. The van der Waals surface area contributed by atoms with E-state index >= 15 is 0 Å². The normalized spacial score (nSPS) is 22.0. The van der Waals surface area contributed by atoms with E-state index in [0.717, 1.165) is 67.6 Å². The van der Waals surface area contributed by atoms with Crippen LogP contribution >= 0.6 is 36.2 Å². The van der Waals surface area contributed by atoms with Crippen LogP contribution < -0.4 is 10.6 Å². The SMILES string of the molecule is CCNC(=O)Nc1sc2nc(C)ccc2c1C(=O)N1CCC(N2CCCC3(CCN(C(C)C)C3=O)C2)CC1.Cl.Cl. The van der Waals surface area contributed by atoms with E-state index in [2.05, 4.69) is 39.3 Å². The molecule has 0 bridgehead atoms. The Bertz CT molecular complexity index is 1230. The second kappa shape index (κ2) is 13.2. The van der Waals surface area contributed by atoms with Gasteiger partial charge in [0.25, 0.3) is 5.91 Å². The van der Waals surface area contributed by atoms with E-state index in [0.29, 0.717) is 42.1 Å². The van der Waals surface area contributed by atoms with Gasteiger partial charge in [0, 0.05) is 55.9 Å². The summed E-state index contributed by atoms with van der Waals surface area (Å²) in [5.41, 5.74) is 1.18. The van der Waals surface area contributed by atoms with Gasteiger partial charge >= 0.3 is 6.03 Å². The molecule has 222 valence electrons. The lowest BCUT2D eigenvalue weighted by Gasteiger charge is -2.45. The predicted molar refractivity (Wildman–Crippen MR) is 165 cm³/mol. The monoisotopic (exact) mass is 612 g/mol. The first kappa shape index (κ1) is 32.4. The van der Waals surface area contributed by atoms with Crippen LogP contribution in [0.15, 0.2) is 12.1 Å². The maximum atomic E-state index is 13.8. The van der Waals surface area contributed by atoms with Crippen LogP contribution in [0.4, 0.5) is 9.80 Å². The first-order chi connectivity index (χ1) is 18.2. The number of carbonyl (C=O) groups excluding carboxylic acids is 3. The summed E-state index contributed by atoms with van der Waals surface area (Å²) in [6, 6.07) is 4.16. The number of nitrogens with one attached hydrogen (secondary N) is 2. The molecule has 3 aliphatic heterocycles. The largest absolute Gasteiger partial charge is 0.340 e. The summed E-state index contributed by atoms with van der Waals surface area (Å²) in [5, 5.41) is 6.96. The van der Waals surface area contributed by atoms with Crippen LogP contribution in [0.2, 0.25) is 0 Å². The van der Waals surface area contributed by atoms with Crippen molar-refractivity contribution >= 4 is 69.2 Å². The minimum absolute atomic E-state index is 0. The molecule has 2 aromatic rings. The lowest BCUT2D eigenvalue weighted by Crippen LogP contribution is -2.54. The maximum absolute atomic E-state index is 13.8. The number of anilines is 1. The number of halogens is 2. The molecule has 5 heterocycles. The molecule has 3 fully saturated rings. The van der Waals surface area contributed by atoms with Crippen molar-refractivity contribution in [2.24, 2.45) is 5.41 Å². The number of rotatable bonds is 5. The Kier molecular flexibility index (Phi) is 10.7. The number of nitrogens with zero attached hydrogens (tertiary/aromatic N) is 4. The van der Waals surface area contributed by atoms with Crippen molar-refractivity contribution in [2.75, 3.05) is 44.6 Å². The van der Waals surface area contributed by atoms with Crippen molar-refractivity contribution in [3.05, 3.63) is 23.4 Å². The van der Waals surface area contributed by atoms with Gasteiger partial charge in [-0.1, -0.05) is 11.3 Å². The van der Waals surface area contributed by atoms with Crippen LogP contribution in [0.3, 0.4) is 0 Å². The number of thiophene rings is 1. The lowest BCUT2D eigenvalue weighted by atomic mass is 9.77. The molecule has 1 unspecified atom stereocenters.